The number of nitrogens with two attached hydrogens (primary N) is 1. The molecule has 2 saturated heterocycles. The van der Waals surface area contributed by atoms with Crippen molar-refractivity contribution in [1.82, 2.24) is 20.0 Å². The minimum atomic E-state index is -0.525. The van der Waals surface area contributed by atoms with Gasteiger partial charge in [0.1, 0.15) is 5.69 Å². The van der Waals surface area contributed by atoms with Crippen molar-refractivity contribution in [2.75, 3.05) is 39.3 Å². The van der Waals surface area contributed by atoms with E-state index in [1.807, 2.05) is 4.90 Å². The van der Waals surface area contributed by atoms with Crippen molar-refractivity contribution < 1.29 is 14.3 Å². The number of morpholine rings is 1. The second kappa shape index (κ2) is 7.97. The summed E-state index contributed by atoms with van der Waals surface area (Å²) in [6.45, 7) is 6.21. The maximum atomic E-state index is 12.6. The second-order valence-corrected chi connectivity index (χ2v) is 6.89. The number of nitrogens with one attached hydrogen (secondary N) is 1. The van der Waals surface area contributed by atoms with Crippen LogP contribution in [0, 0.1) is 0 Å². The number of H-pyrrole nitrogens is 1. The lowest BCUT2D eigenvalue weighted by Crippen LogP contribution is -2.50. The van der Waals surface area contributed by atoms with Gasteiger partial charge in [-0.1, -0.05) is 6.92 Å². The molecule has 0 bridgehead atoms. The Hall–Kier alpha value is -1.93. The smallest absolute Gasteiger partial charge is 0.269 e. The van der Waals surface area contributed by atoms with Crippen LogP contribution in [0.15, 0.2) is 6.07 Å². The number of hydrogen-bond donors (Lipinski definition) is 2. The first-order valence-corrected chi connectivity index (χ1v) is 9.03. The molecule has 8 heteroatoms. The lowest BCUT2D eigenvalue weighted by Gasteiger charge is -2.36. The largest absolute Gasteiger partial charge is 0.375 e. The van der Waals surface area contributed by atoms with E-state index in [2.05, 4.69) is 22.0 Å². The lowest BCUT2D eigenvalue weighted by molar-refractivity contribution is -0.140. The van der Waals surface area contributed by atoms with Crippen molar-refractivity contribution in [3.8, 4) is 0 Å². The van der Waals surface area contributed by atoms with Crippen LogP contribution in [0.25, 0.3) is 0 Å². The molecule has 2 fully saturated rings. The Morgan fingerprint density at radius 1 is 1.40 bits per heavy atom. The molecule has 0 spiro atoms. The second-order valence-electron chi connectivity index (χ2n) is 6.89. The third-order valence-corrected chi connectivity index (χ3v) is 5.10. The number of primary amides is 1. The normalized spacial score (nSPS) is 25.1. The zero-order chi connectivity index (χ0) is 17.8. The van der Waals surface area contributed by atoms with Crippen LogP contribution < -0.4 is 5.73 Å². The first kappa shape index (κ1) is 17.9. The minimum absolute atomic E-state index is 0.156. The average molecular weight is 349 g/mol. The maximum absolute atomic E-state index is 12.6. The third-order valence-electron chi connectivity index (χ3n) is 5.10. The zero-order valence-electron chi connectivity index (χ0n) is 14.7. The van der Waals surface area contributed by atoms with Crippen LogP contribution in [0.4, 0.5) is 0 Å². The van der Waals surface area contributed by atoms with Crippen molar-refractivity contribution in [1.29, 1.82) is 0 Å². The molecule has 0 aromatic carbocycles. The van der Waals surface area contributed by atoms with Gasteiger partial charge < -0.3 is 15.4 Å². The van der Waals surface area contributed by atoms with Gasteiger partial charge in [-0.15, -0.1) is 0 Å². The Kier molecular flexibility index (Phi) is 5.70. The Labute approximate surface area is 147 Å². The van der Waals surface area contributed by atoms with Gasteiger partial charge in [0.05, 0.1) is 19.3 Å². The van der Waals surface area contributed by atoms with E-state index < -0.39 is 5.91 Å². The highest BCUT2D eigenvalue weighted by Crippen LogP contribution is 2.26. The first-order chi connectivity index (χ1) is 12.1. The number of carbonyl (C=O) groups is 2. The molecule has 0 aliphatic carbocycles. The Balaban J connectivity index is 1.55. The molecule has 2 aliphatic heterocycles. The molecule has 3 heterocycles. The van der Waals surface area contributed by atoms with Gasteiger partial charge in [-0.25, -0.2) is 0 Å². The molecular weight excluding hydrogens is 322 g/mol. The van der Waals surface area contributed by atoms with Crippen LogP contribution in [-0.4, -0.2) is 77.2 Å². The predicted molar refractivity (Wildman–Crippen MR) is 92.1 cm³/mol. The van der Waals surface area contributed by atoms with Crippen molar-refractivity contribution >= 4 is 11.8 Å². The third kappa shape index (κ3) is 4.38. The maximum Gasteiger partial charge on any atom is 0.269 e. The van der Waals surface area contributed by atoms with Gasteiger partial charge in [0.25, 0.3) is 5.91 Å². The molecule has 2 amide bonds. The van der Waals surface area contributed by atoms with Gasteiger partial charge in [-0.3, -0.25) is 19.6 Å². The van der Waals surface area contributed by atoms with Gasteiger partial charge >= 0.3 is 0 Å². The van der Waals surface area contributed by atoms with Gasteiger partial charge in [0.15, 0.2) is 0 Å². The summed E-state index contributed by atoms with van der Waals surface area (Å²) < 4.78 is 5.64. The lowest BCUT2D eigenvalue weighted by atomic mass is 9.94. The van der Waals surface area contributed by atoms with Crippen molar-refractivity contribution in [3.05, 3.63) is 17.5 Å². The van der Waals surface area contributed by atoms with Gasteiger partial charge in [-0.2, -0.15) is 5.10 Å². The highest BCUT2D eigenvalue weighted by Gasteiger charge is 2.28. The van der Waals surface area contributed by atoms with Crippen LogP contribution in [0.5, 0.6) is 0 Å². The van der Waals surface area contributed by atoms with Crippen LogP contribution in [0.2, 0.25) is 0 Å². The molecule has 0 saturated carbocycles. The number of ether oxygens (including phenoxy) is 1. The van der Waals surface area contributed by atoms with Gasteiger partial charge in [0.2, 0.25) is 5.91 Å². The van der Waals surface area contributed by atoms with Crippen LogP contribution in [-0.2, 0) is 9.53 Å². The van der Waals surface area contributed by atoms with E-state index >= 15 is 0 Å². The number of amides is 2. The van der Waals surface area contributed by atoms with Gasteiger partial charge in [0, 0.05) is 31.2 Å². The fraction of sp³-hybridized carbons (Fsp3) is 0.706. The molecule has 1 aromatic heterocycles. The summed E-state index contributed by atoms with van der Waals surface area (Å²) in [5, 5.41) is 6.88. The van der Waals surface area contributed by atoms with Crippen LogP contribution >= 0.6 is 0 Å². The van der Waals surface area contributed by atoms with Gasteiger partial charge in [-0.05, 0) is 31.9 Å². The molecule has 2 aliphatic rings. The number of nitrogens with zero attached hydrogens (tertiary/aromatic N) is 3. The summed E-state index contributed by atoms with van der Waals surface area (Å²) in [5.74, 6) is -0.108. The molecule has 2 atom stereocenters. The first-order valence-electron chi connectivity index (χ1n) is 9.03. The van der Waals surface area contributed by atoms with Crippen molar-refractivity contribution in [2.24, 2.45) is 5.73 Å². The highest BCUT2D eigenvalue weighted by molar-refractivity contribution is 5.90. The topological polar surface area (TPSA) is 105 Å². The highest BCUT2D eigenvalue weighted by atomic mass is 16.5. The average Bonchev–Trinajstić information content (AvgIpc) is 3.12. The van der Waals surface area contributed by atoms with E-state index in [1.165, 1.54) is 0 Å². The fourth-order valence-electron chi connectivity index (χ4n) is 3.61. The molecule has 3 rings (SSSR count). The predicted octanol–water partition coefficient (Wildman–Crippen LogP) is 0.325. The SMILES string of the molecule is CC[C@H]1CN(C(=O)CN2CCC[C@H](c3cc(C(N)=O)n[nH]3)C2)CCO1. The van der Waals surface area contributed by atoms with E-state index in [9.17, 15) is 9.59 Å². The standard InChI is InChI=1S/C17H27N5O3/c1-2-13-10-22(6-7-25-13)16(23)11-21-5-3-4-12(9-21)14-8-15(17(18)24)20-19-14/h8,12-13H,2-7,9-11H2,1H3,(H2,18,24)(H,19,20)/t12-,13-/m0/s1. The van der Waals surface area contributed by atoms with E-state index in [0.717, 1.165) is 38.0 Å². The summed E-state index contributed by atoms with van der Waals surface area (Å²) in [5.41, 5.74) is 6.45. The van der Waals surface area contributed by atoms with E-state index in [1.54, 1.807) is 6.07 Å². The van der Waals surface area contributed by atoms with Crippen molar-refractivity contribution in [2.45, 2.75) is 38.2 Å². The van der Waals surface area contributed by atoms with Crippen molar-refractivity contribution in [3.63, 3.8) is 0 Å². The molecule has 1 aromatic rings. The minimum Gasteiger partial charge on any atom is -0.375 e. The Morgan fingerprint density at radius 3 is 2.96 bits per heavy atom. The fourth-order valence-corrected chi connectivity index (χ4v) is 3.61. The Morgan fingerprint density at radius 2 is 2.24 bits per heavy atom. The number of rotatable bonds is 5. The van der Waals surface area contributed by atoms with Crippen LogP contribution in [0.3, 0.4) is 0 Å². The molecule has 0 unspecified atom stereocenters. The molecular formula is C17H27N5O3. The molecule has 138 valence electrons. The number of likely N-dealkylation sites (tertiary alicyclic amines) is 1. The van der Waals surface area contributed by atoms with E-state index in [-0.39, 0.29) is 23.6 Å². The molecule has 3 N–H and O–H groups in total. The molecule has 8 nitrogen and oxygen atoms in total. The monoisotopic (exact) mass is 349 g/mol. The van der Waals surface area contributed by atoms with E-state index in [0.29, 0.717) is 26.2 Å². The summed E-state index contributed by atoms with van der Waals surface area (Å²) in [6, 6.07) is 1.73. The molecule has 0 radical (unpaired) electrons. The quantitative estimate of drug-likeness (QED) is 0.797. The van der Waals surface area contributed by atoms with Crippen LogP contribution in [0.1, 0.15) is 48.3 Å². The number of hydrogen-bond acceptors (Lipinski definition) is 5. The summed E-state index contributed by atoms with van der Waals surface area (Å²) in [6.07, 6.45) is 3.12. The van der Waals surface area contributed by atoms with E-state index in [4.69, 9.17) is 10.5 Å². The molecule has 25 heavy (non-hydrogen) atoms. The number of aromatic nitrogens is 2. The number of carbonyl (C=O) groups excluding carboxylic acids is 2. The number of piperidine rings is 1. The summed E-state index contributed by atoms with van der Waals surface area (Å²) in [7, 11) is 0. The number of aromatic amines is 1. The zero-order valence-corrected chi connectivity index (χ0v) is 14.7. The summed E-state index contributed by atoms with van der Waals surface area (Å²) in [4.78, 5) is 27.9. The Bertz CT molecular complexity index is 617. The summed E-state index contributed by atoms with van der Waals surface area (Å²) >= 11 is 0.